The van der Waals surface area contributed by atoms with Gasteiger partial charge in [0.15, 0.2) is 0 Å². The molecular formula is C13H14O4. The largest absolute Gasteiger partial charge is 0.481 e. The van der Waals surface area contributed by atoms with Crippen LogP contribution in [-0.2, 0) is 14.4 Å². The van der Waals surface area contributed by atoms with E-state index in [2.05, 4.69) is 12.6 Å². The number of carbonyl (C=O) groups is 1. The molecule has 1 N–H and O–H groups in total. The fourth-order valence-electron chi connectivity index (χ4n) is 4.90. The van der Waals surface area contributed by atoms with Gasteiger partial charge in [0, 0.05) is 10.8 Å². The SMILES string of the molecule is O=[C]C12CC3CC([C]=O)(C1)CC(C(=O)O)(C3)C2. The summed E-state index contributed by atoms with van der Waals surface area (Å²) in [4.78, 5) is 34.0. The van der Waals surface area contributed by atoms with E-state index in [1.807, 2.05) is 0 Å². The lowest BCUT2D eigenvalue weighted by Crippen LogP contribution is -2.60. The molecule has 0 heterocycles. The lowest BCUT2D eigenvalue weighted by molar-refractivity contribution is -0.173. The monoisotopic (exact) mass is 234 g/mol. The third-order valence-corrected chi connectivity index (χ3v) is 4.96. The van der Waals surface area contributed by atoms with Crippen LogP contribution in [0.15, 0.2) is 0 Å². The summed E-state index contributed by atoms with van der Waals surface area (Å²) in [6.07, 6.45) is 7.30. The van der Waals surface area contributed by atoms with Crippen molar-refractivity contribution in [1.29, 1.82) is 0 Å². The third kappa shape index (κ3) is 1.27. The van der Waals surface area contributed by atoms with Gasteiger partial charge in [-0.05, 0) is 44.4 Å². The van der Waals surface area contributed by atoms with Crippen molar-refractivity contribution < 1.29 is 19.5 Å². The molecule has 4 saturated carbocycles. The van der Waals surface area contributed by atoms with Gasteiger partial charge in [-0.2, -0.15) is 0 Å². The molecule has 0 amide bonds. The maximum atomic E-state index is 11.5. The van der Waals surface area contributed by atoms with Gasteiger partial charge in [0.05, 0.1) is 5.41 Å². The molecule has 4 fully saturated rings. The first-order valence-electron chi connectivity index (χ1n) is 5.99. The smallest absolute Gasteiger partial charge is 0.309 e. The van der Waals surface area contributed by atoms with E-state index in [9.17, 15) is 19.5 Å². The Labute approximate surface area is 99.4 Å². The van der Waals surface area contributed by atoms with Gasteiger partial charge in [-0.3, -0.25) is 14.4 Å². The molecule has 4 nitrogen and oxygen atoms in total. The fourth-order valence-corrected chi connectivity index (χ4v) is 4.90. The summed E-state index contributed by atoms with van der Waals surface area (Å²) < 4.78 is 0. The van der Waals surface area contributed by atoms with Gasteiger partial charge < -0.3 is 5.11 Å². The Morgan fingerprint density at radius 2 is 1.53 bits per heavy atom. The van der Waals surface area contributed by atoms with Crippen LogP contribution in [0, 0.1) is 22.2 Å². The van der Waals surface area contributed by atoms with Crippen LogP contribution in [0.4, 0.5) is 0 Å². The summed E-state index contributed by atoms with van der Waals surface area (Å²) in [5, 5.41) is 9.44. The Kier molecular flexibility index (Phi) is 1.91. The topological polar surface area (TPSA) is 71.4 Å². The van der Waals surface area contributed by atoms with Crippen LogP contribution in [0.5, 0.6) is 0 Å². The molecule has 17 heavy (non-hydrogen) atoms. The number of carbonyl (C=O) groups excluding carboxylic acids is 2. The van der Waals surface area contributed by atoms with Gasteiger partial charge in [0.1, 0.15) is 0 Å². The van der Waals surface area contributed by atoms with E-state index in [0.717, 1.165) is 0 Å². The van der Waals surface area contributed by atoms with E-state index in [1.165, 1.54) is 0 Å². The Balaban J connectivity index is 2.10. The van der Waals surface area contributed by atoms with Gasteiger partial charge in [-0.25, -0.2) is 0 Å². The van der Waals surface area contributed by atoms with Crippen molar-refractivity contribution in [3.05, 3.63) is 0 Å². The number of aliphatic carboxylic acids is 1. The van der Waals surface area contributed by atoms with E-state index in [0.29, 0.717) is 38.5 Å². The van der Waals surface area contributed by atoms with E-state index in [-0.39, 0.29) is 5.92 Å². The maximum Gasteiger partial charge on any atom is 0.309 e. The van der Waals surface area contributed by atoms with E-state index >= 15 is 0 Å². The zero-order valence-corrected chi connectivity index (χ0v) is 9.49. The highest BCUT2D eigenvalue weighted by atomic mass is 16.4. The molecule has 0 aromatic heterocycles. The second-order valence-electron chi connectivity index (χ2n) is 6.36. The van der Waals surface area contributed by atoms with E-state index < -0.39 is 22.2 Å². The van der Waals surface area contributed by atoms with Gasteiger partial charge in [0.2, 0.25) is 12.6 Å². The van der Waals surface area contributed by atoms with Crippen molar-refractivity contribution in [2.45, 2.75) is 38.5 Å². The van der Waals surface area contributed by atoms with E-state index in [1.54, 1.807) is 0 Å². The van der Waals surface area contributed by atoms with Crippen molar-refractivity contribution in [2.75, 3.05) is 0 Å². The number of hydrogen-bond donors (Lipinski definition) is 1. The Morgan fingerprint density at radius 3 is 1.94 bits per heavy atom. The molecule has 0 saturated heterocycles. The minimum atomic E-state index is -0.881. The number of rotatable bonds is 3. The quantitative estimate of drug-likeness (QED) is 0.797. The van der Waals surface area contributed by atoms with Gasteiger partial charge in [-0.1, -0.05) is 0 Å². The lowest BCUT2D eigenvalue weighted by Gasteiger charge is -2.61. The van der Waals surface area contributed by atoms with Gasteiger partial charge in [0.25, 0.3) is 0 Å². The minimum Gasteiger partial charge on any atom is -0.481 e. The molecule has 4 aliphatic carbocycles. The molecule has 2 atom stereocenters. The Morgan fingerprint density at radius 1 is 1.00 bits per heavy atom. The summed E-state index contributed by atoms with van der Waals surface area (Å²) in [6.45, 7) is 0. The molecule has 2 unspecified atom stereocenters. The van der Waals surface area contributed by atoms with Crippen LogP contribution in [0.3, 0.4) is 0 Å². The third-order valence-electron chi connectivity index (χ3n) is 4.96. The van der Waals surface area contributed by atoms with Crippen molar-refractivity contribution in [3.63, 3.8) is 0 Å². The second-order valence-corrected chi connectivity index (χ2v) is 6.36. The summed E-state index contributed by atoms with van der Waals surface area (Å²) in [5.41, 5.74) is -2.28. The predicted molar refractivity (Wildman–Crippen MR) is 57.5 cm³/mol. The molecule has 0 aromatic rings. The van der Waals surface area contributed by atoms with Crippen LogP contribution in [0.25, 0.3) is 0 Å². The molecule has 4 aliphatic rings. The van der Waals surface area contributed by atoms with Crippen molar-refractivity contribution >= 4 is 18.5 Å². The normalized spacial score (nSPS) is 51.2. The van der Waals surface area contributed by atoms with Gasteiger partial charge >= 0.3 is 5.97 Å². The Bertz CT molecular complexity index is 390. The van der Waals surface area contributed by atoms with Crippen LogP contribution < -0.4 is 0 Å². The van der Waals surface area contributed by atoms with Crippen molar-refractivity contribution in [2.24, 2.45) is 22.2 Å². The van der Waals surface area contributed by atoms with E-state index in [4.69, 9.17) is 0 Å². The highest BCUT2D eigenvalue weighted by Crippen LogP contribution is 2.68. The molecule has 0 aliphatic heterocycles. The van der Waals surface area contributed by atoms with Crippen LogP contribution >= 0.6 is 0 Å². The standard InChI is InChI=1S/C13H14O4/c14-7-11-1-9-2-12(4-11,8-15)6-13(3-9,5-11)10(16)17/h9H,1-6H2,(H,16,17). The highest BCUT2D eigenvalue weighted by molar-refractivity contribution is 5.80. The molecule has 4 rings (SSSR count). The molecule has 0 spiro atoms. The predicted octanol–water partition coefficient (Wildman–Crippen LogP) is 1.25. The van der Waals surface area contributed by atoms with Crippen LogP contribution in [-0.4, -0.2) is 23.6 Å². The first-order chi connectivity index (χ1) is 7.97. The first-order valence-corrected chi connectivity index (χ1v) is 5.99. The van der Waals surface area contributed by atoms with Crippen molar-refractivity contribution in [3.8, 4) is 0 Å². The summed E-state index contributed by atoms with van der Waals surface area (Å²) in [5.74, 6) is -0.689. The summed E-state index contributed by atoms with van der Waals surface area (Å²) in [6, 6.07) is 0. The summed E-state index contributed by atoms with van der Waals surface area (Å²) >= 11 is 0. The Hall–Kier alpha value is -1.19. The summed E-state index contributed by atoms with van der Waals surface area (Å²) in [7, 11) is 0. The number of carboxylic acid groups (broad SMARTS) is 1. The lowest BCUT2D eigenvalue weighted by atomic mass is 9.40. The average Bonchev–Trinajstić information content (AvgIpc) is 2.27. The first kappa shape index (κ1) is 10.9. The zero-order chi connectivity index (χ0) is 12.3. The zero-order valence-electron chi connectivity index (χ0n) is 9.49. The fraction of sp³-hybridized carbons (Fsp3) is 0.769. The number of hydrogen-bond acceptors (Lipinski definition) is 3. The molecule has 4 heteroatoms. The van der Waals surface area contributed by atoms with Gasteiger partial charge in [-0.15, -0.1) is 0 Å². The molecule has 2 radical (unpaired) electrons. The molecule has 4 bridgehead atoms. The van der Waals surface area contributed by atoms with Crippen molar-refractivity contribution in [1.82, 2.24) is 0 Å². The minimum absolute atomic E-state index is 0.172. The maximum absolute atomic E-state index is 11.5. The molecular weight excluding hydrogens is 220 g/mol. The van der Waals surface area contributed by atoms with Crippen LogP contribution in [0.1, 0.15) is 38.5 Å². The highest BCUT2D eigenvalue weighted by Gasteiger charge is 2.66. The van der Waals surface area contributed by atoms with Crippen LogP contribution in [0.2, 0.25) is 0 Å². The number of carboxylic acids is 1. The second kappa shape index (κ2) is 2.98. The molecule has 0 aromatic carbocycles. The molecule has 90 valence electrons. The average molecular weight is 234 g/mol.